The summed E-state index contributed by atoms with van der Waals surface area (Å²) in [5.74, 6) is -4.08. The lowest BCUT2D eigenvalue weighted by Crippen LogP contribution is -2.43. The van der Waals surface area contributed by atoms with Gasteiger partial charge in [0.15, 0.2) is 5.69 Å². The van der Waals surface area contributed by atoms with Crippen LogP contribution in [-0.2, 0) is 21.4 Å². The minimum atomic E-state index is -5.51. The number of hydrogen-bond donors (Lipinski definition) is 2. The molecule has 1 aliphatic heterocycles. The van der Waals surface area contributed by atoms with Crippen LogP contribution in [0.5, 0.6) is 0 Å². The molecule has 1 aromatic heterocycles. The lowest BCUT2D eigenvalue weighted by Gasteiger charge is -2.30. The quantitative estimate of drug-likeness (QED) is 0.467. The molecule has 218 valence electrons. The van der Waals surface area contributed by atoms with E-state index in [9.17, 15) is 53.5 Å². The van der Waals surface area contributed by atoms with Crippen LogP contribution in [0.4, 0.5) is 43.9 Å². The summed E-state index contributed by atoms with van der Waals surface area (Å²) in [6, 6.07) is 1.01. The van der Waals surface area contributed by atoms with Gasteiger partial charge in [-0.3, -0.25) is 9.59 Å². The molecular formula is C21H14ClF10N5O3. The van der Waals surface area contributed by atoms with Gasteiger partial charge in [0.2, 0.25) is 5.91 Å². The summed E-state index contributed by atoms with van der Waals surface area (Å²) < 4.78 is 133. The Labute approximate surface area is 221 Å². The van der Waals surface area contributed by atoms with Crippen LogP contribution in [0, 0.1) is 12.7 Å². The van der Waals surface area contributed by atoms with Crippen LogP contribution in [0.1, 0.15) is 39.3 Å². The monoisotopic (exact) mass is 609 g/mol. The first-order chi connectivity index (χ1) is 18.2. The standard InChI is InChI=1S/C21H14ClF10N5O3/c1-8-2-12(35-36-16(8)17(39)33-6-14(38)34-7-19(24,25)26)13-5-18(40-37-13,21(30,31)32)10-3-9(20(27,28)29)4-11(22)15(10)23/h2-4H,5-7H2,1H3,(H,33,39)(H,34,38)/t18-/m1/s1. The average molecular weight is 610 g/mol. The number of alkyl halides is 9. The molecule has 0 spiro atoms. The van der Waals surface area contributed by atoms with Gasteiger partial charge in [0.1, 0.15) is 23.8 Å². The second-order valence-corrected chi connectivity index (χ2v) is 8.69. The molecule has 2 heterocycles. The zero-order valence-electron chi connectivity index (χ0n) is 19.6. The van der Waals surface area contributed by atoms with Gasteiger partial charge in [0, 0.05) is 5.56 Å². The second kappa shape index (κ2) is 10.7. The maximum Gasteiger partial charge on any atom is 0.435 e. The van der Waals surface area contributed by atoms with E-state index in [1.807, 2.05) is 5.32 Å². The van der Waals surface area contributed by atoms with Crippen LogP contribution in [0.15, 0.2) is 23.4 Å². The van der Waals surface area contributed by atoms with Crippen LogP contribution < -0.4 is 10.6 Å². The van der Waals surface area contributed by atoms with Crippen LogP contribution in [-0.4, -0.2) is 53.2 Å². The minimum Gasteiger partial charge on any atom is -0.374 e. The largest absolute Gasteiger partial charge is 0.435 e. The fourth-order valence-electron chi connectivity index (χ4n) is 3.42. The summed E-state index contributed by atoms with van der Waals surface area (Å²) in [5.41, 5.74) is -8.56. The fraction of sp³-hybridized carbons (Fsp3) is 0.381. The zero-order valence-corrected chi connectivity index (χ0v) is 20.3. The van der Waals surface area contributed by atoms with E-state index < -0.39 is 94.5 Å². The lowest BCUT2D eigenvalue weighted by atomic mass is 9.86. The van der Waals surface area contributed by atoms with Crippen molar-refractivity contribution in [3.05, 3.63) is 57.1 Å². The maximum atomic E-state index is 14.7. The van der Waals surface area contributed by atoms with E-state index in [0.717, 1.165) is 6.07 Å². The summed E-state index contributed by atoms with van der Waals surface area (Å²) in [5, 5.41) is 12.5. The highest BCUT2D eigenvalue weighted by Gasteiger charge is 2.64. The molecule has 2 N–H and O–H groups in total. The van der Waals surface area contributed by atoms with Crippen molar-refractivity contribution in [2.45, 2.75) is 37.5 Å². The number of amides is 2. The lowest BCUT2D eigenvalue weighted by molar-refractivity contribution is -0.276. The third-order valence-electron chi connectivity index (χ3n) is 5.37. The number of carbonyl (C=O) groups excluding carboxylic acids is 2. The van der Waals surface area contributed by atoms with Crippen molar-refractivity contribution in [1.82, 2.24) is 20.8 Å². The average Bonchev–Trinajstić information content (AvgIpc) is 3.28. The Morgan fingerprint density at radius 1 is 1.02 bits per heavy atom. The summed E-state index contributed by atoms with van der Waals surface area (Å²) in [6.07, 6.45) is -16.7. The van der Waals surface area contributed by atoms with Crippen molar-refractivity contribution in [1.29, 1.82) is 0 Å². The Bertz CT molecular complexity index is 1360. The van der Waals surface area contributed by atoms with E-state index in [-0.39, 0.29) is 17.7 Å². The van der Waals surface area contributed by atoms with Gasteiger partial charge in [-0.15, -0.1) is 10.2 Å². The van der Waals surface area contributed by atoms with Crippen molar-refractivity contribution in [3.63, 3.8) is 0 Å². The zero-order chi connectivity index (χ0) is 30.3. The van der Waals surface area contributed by atoms with E-state index >= 15 is 0 Å². The van der Waals surface area contributed by atoms with Gasteiger partial charge >= 0.3 is 18.5 Å². The molecule has 0 radical (unpaired) electrons. The van der Waals surface area contributed by atoms with E-state index in [4.69, 9.17) is 11.6 Å². The van der Waals surface area contributed by atoms with Gasteiger partial charge < -0.3 is 15.5 Å². The molecule has 1 aliphatic rings. The van der Waals surface area contributed by atoms with Crippen LogP contribution in [0.2, 0.25) is 5.02 Å². The number of halogens is 11. The number of rotatable bonds is 6. The number of hydrogen-bond acceptors (Lipinski definition) is 6. The Morgan fingerprint density at radius 2 is 1.68 bits per heavy atom. The first-order valence-electron chi connectivity index (χ1n) is 10.6. The Balaban J connectivity index is 1.85. The predicted octanol–water partition coefficient (Wildman–Crippen LogP) is 4.59. The normalized spacial score (nSPS) is 17.8. The highest BCUT2D eigenvalue weighted by Crippen LogP contribution is 2.51. The second-order valence-electron chi connectivity index (χ2n) is 8.28. The molecule has 0 bridgehead atoms. The Kier molecular flexibility index (Phi) is 8.25. The molecule has 19 heteroatoms. The summed E-state index contributed by atoms with van der Waals surface area (Å²) in [7, 11) is 0. The molecule has 0 aliphatic carbocycles. The number of benzene rings is 1. The van der Waals surface area contributed by atoms with Gasteiger partial charge in [-0.05, 0) is 30.7 Å². The van der Waals surface area contributed by atoms with Crippen molar-refractivity contribution in [2.75, 3.05) is 13.1 Å². The molecule has 0 saturated heterocycles. The smallest absolute Gasteiger partial charge is 0.374 e. The summed E-state index contributed by atoms with van der Waals surface area (Å²) in [6.45, 7) is -1.29. The van der Waals surface area contributed by atoms with Gasteiger partial charge in [-0.2, -0.15) is 39.5 Å². The molecule has 3 rings (SSSR count). The fourth-order valence-corrected chi connectivity index (χ4v) is 3.64. The van der Waals surface area contributed by atoms with E-state index in [0.29, 0.717) is 0 Å². The topological polar surface area (TPSA) is 106 Å². The van der Waals surface area contributed by atoms with E-state index in [1.165, 1.54) is 12.2 Å². The number of nitrogens with one attached hydrogen (secondary N) is 2. The van der Waals surface area contributed by atoms with E-state index in [1.54, 1.807) is 0 Å². The number of oxime groups is 1. The van der Waals surface area contributed by atoms with Crippen LogP contribution in [0.3, 0.4) is 0 Å². The van der Waals surface area contributed by atoms with Gasteiger partial charge in [-0.1, -0.05) is 16.8 Å². The first-order valence-corrected chi connectivity index (χ1v) is 11.0. The molecule has 8 nitrogen and oxygen atoms in total. The van der Waals surface area contributed by atoms with E-state index in [2.05, 4.69) is 20.2 Å². The number of carbonyl (C=O) groups is 2. The molecule has 1 aromatic carbocycles. The number of aryl methyl sites for hydroxylation is 1. The molecule has 0 fully saturated rings. The third-order valence-corrected chi connectivity index (χ3v) is 5.64. The number of nitrogens with zero attached hydrogens (tertiary/aromatic N) is 3. The van der Waals surface area contributed by atoms with Crippen molar-refractivity contribution in [3.8, 4) is 0 Å². The van der Waals surface area contributed by atoms with Crippen molar-refractivity contribution >= 4 is 29.1 Å². The van der Waals surface area contributed by atoms with Crippen molar-refractivity contribution in [2.24, 2.45) is 5.16 Å². The number of aromatic nitrogens is 2. The van der Waals surface area contributed by atoms with Crippen LogP contribution >= 0.6 is 11.6 Å². The van der Waals surface area contributed by atoms with Gasteiger partial charge in [-0.25, -0.2) is 4.39 Å². The van der Waals surface area contributed by atoms with Crippen molar-refractivity contribution < 1.29 is 58.3 Å². The molecule has 0 unspecified atom stereocenters. The maximum absolute atomic E-state index is 14.7. The Hall–Kier alpha value is -3.70. The highest BCUT2D eigenvalue weighted by molar-refractivity contribution is 6.30. The highest BCUT2D eigenvalue weighted by atomic mass is 35.5. The van der Waals surface area contributed by atoms with Gasteiger partial charge in [0.25, 0.3) is 11.5 Å². The third kappa shape index (κ3) is 6.53. The molecule has 2 amide bonds. The first kappa shape index (κ1) is 30.8. The molecule has 0 saturated carbocycles. The molecule has 40 heavy (non-hydrogen) atoms. The minimum absolute atomic E-state index is 0.0568. The summed E-state index contributed by atoms with van der Waals surface area (Å²) >= 11 is 5.45. The molecule has 1 atom stereocenters. The Morgan fingerprint density at radius 3 is 2.23 bits per heavy atom. The van der Waals surface area contributed by atoms with Crippen LogP contribution in [0.25, 0.3) is 0 Å². The van der Waals surface area contributed by atoms with Gasteiger partial charge in [0.05, 0.1) is 23.6 Å². The predicted molar refractivity (Wildman–Crippen MR) is 115 cm³/mol. The summed E-state index contributed by atoms with van der Waals surface area (Å²) in [4.78, 5) is 28.2. The molecule has 2 aromatic rings. The molecular weight excluding hydrogens is 596 g/mol. The SMILES string of the molecule is Cc1cc(C2=NO[C@](c3cc(C(F)(F)F)cc(Cl)c3F)(C(F)(F)F)C2)nnc1C(=O)NCC(=O)NCC(F)(F)F.